The lowest BCUT2D eigenvalue weighted by atomic mass is 9.88. The van der Waals surface area contributed by atoms with Crippen LogP contribution in [0.4, 0.5) is 4.79 Å². The van der Waals surface area contributed by atoms with Gasteiger partial charge in [-0.15, -0.1) is 0 Å². The van der Waals surface area contributed by atoms with Gasteiger partial charge in [-0.1, -0.05) is 13.8 Å². The normalized spacial score (nSPS) is 24.3. The Morgan fingerprint density at radius 3 is 2.50 bits per heavy atom. The monoisotopic (exact) mass is 225 g/mol. The topological polar surface area (TPSA) is 61.4 Å². The summed E-state index contributed by atoms with van der Waals surface area (Å²) in [4.78, 5) is 25.4. The van der Waals surface area contributed by atoms with Gasteiger partial charge in [-0.2, -0.15) is 0 Å². The van der Waals surface area contributed by atoms with Gasteiger partial charge in [0, 0.05) is 6.54 Å². The first-order chi connectivity index (χ1) is 7.55. The molecule has 5 heteroatoms. The SMILES string of the molecule is CC(C)CN1C(=O)NC2(CCNCC2)C1=O. The first-order valence-corrected chi connectivity index (χ1v) is 5.90. The summed E-state index contributed by atoms with van der Waals surface area (Å²) in [6.45, 7) is 6.12. The Bertz CT molecular complexity index is 308. The minimum absolute atomic E-state index is 0.0345. The smallest absolute Gasteiger partial charge is 0.323 e. The van der Waals surface area contributed by atoms with E-state index in [-0.39, 0.29) is 11.9 Å². The lowest BCUT2D eigenvalue weighted by Gasteiger charge is -2.31. The first kappa shape index (κ1) is 11.4. The van der Waals surface area contributed by atoms with E-state index in [1.165, 1.54) is 4.90 Å². The fraction of sp³-hybridized carbons (Fsp3) is 0.818. The van der Waals surface area contributed by atoms with Gasteiger partial charge >= 0.3 is 6.03 Å². The second kappa shape index (κ2) is 4.05. The highest BCUT2D eigenvalue weighted by atomic mass is 16.2. The van der Waals surface area contributed by atoms with Crippen LogP contribution in [0.15, 0.2) is 0 Å². The van der Waals surface area contributed by atoms with Crippen molar-refractivity contribution in [3.05, 3.63) is 0 Å². The molecule has 1 spiro atoms. The molecule has 2 saturated heterocycles. The predicted molar refractivity (Wildman–Crippen MR) is 59.9 cm³/mol. The van der Waals surface area contributed by atoms with E-state index in [0.717, 1.165) is 13.1 Å². The molecule has 2 heterocycles. The van der Waals surface area contributed by atoms with Gasteiger partial charge in [0.1, 0.15) is 5.54 Å². The van der Waals surface area contributed by atoms with Crippen LogP contribution in [0, 0.1) is 5.92 Å². The summed E-state index contributed by atoms with van der Waals surface area (Å²) >= 11 is 0. The van der Waals surface area contributed by atoms with Crippen molar-refractivity contribution in [2.24, 2.45) is 5.92 Å². The molecule has 2 fully saturated rings. The highest BCUT2D eigenvalue weighted by molar-refractivity contribution is 6.07. The Balaban J connectivity index is 2.14. The van der Waals surface area contributed by atoms with Gasteiger partial charge in [-0.25, -0.2) is 4.79 Å². The van der Waals surface area contributed by atoms with Gasteiger partial charge < -0.3 is 10.6 Å². The first-order valence-electron chi connectivity index (χ1n) is 5.90. The number of hydrogen-bond donors (Lipinski definition) is 2. The number of amides is 3. The lowest BCUT2D eigenvalue weighted by Crippen LogP contribution is -2.54. The highest BCUT2D eigenvalue weighted by Gasteiger charge is 2.51. The van der Waals surface area contributed by atoms with E-state index in [2.05, 4.69) is 10.6 Å². The average molecular weight is 225 g/mol. The number of nitrogens with one attached hydrogen (secondary N) is 2. The third-order valence-electron chi connectivity index (χ3n) is 3.25. The van der Waals surface area contributed by atoms with Gasteiger partial charge in [0.2, 0.25) is 0 Å². The van der Waals surface area contributed by atoms with Crippen molar-refractivity contribution in [3.8, 4) is 0 Å². The summed E-state index contributed by atoms with van der Waals surface area (Å²) in [6, 6.07) is -0.222. The molecule has 5 nitrogen and oxygen atoms in total. The van der Waals surface area contributed by atoms with E-state index in [1.807, 2.05) is 13.8 Å². The van der Waals surface area contributed by atoms with Crippen LogP contribution in [0.5, 0.6) is 0 Å². The molecule has 0 radical (unpaired) electrons. The molecule has 0 aromatic rings. The maximum atomic E-state index is 12.2. The number of carbonyl (C=O) groups is 2. The van der Waals surface area contributed by atoms with E-state index in [9.17, 15) is 9.59 Å². The number of rotatable bonds is 2. The Hall–Kier alpha value is -1.10. The molecule has 0 bridgehead atoms. The molecule has 0 saturated carbocycles. The molecule has 0 aromatic carbocycles. The van der Waals surface area contributed by atoms with E-state index >= 15 is 0 Å². The minimum atomic E-state index is -0.614. The quantitative estimate of drug-likeness (QED) is 0.665. The number of piperidine rings is 1. The molecule has 0 atom stereocenters. The van der Waals surface area contributed by atoms with Crippen LogP contribution < -0.4 is 10.6 Å². The molecular formula is C11H19N3O2. The van der Waals surface area contributed by atoms with Gasteiger partial charge in [-0.05, 0) is 31.8 Å². The molecule has 2 rings (SSSR count). The summed E-state index contributed by atoms with van der Waals surface area (Å²) in [6.07, 6.45) is 1.40. The highest BCUT2D eigenvalue weighted by Crippen LogP contribution is 2.27. The summed E-state index contributed by atoms with van der Waals surface area (Å²) < 4.78 is 0. The van der Waals surface area contributed by atoms with E-state index < -0.39 is 5.54 Å². The molecular weight excluding hydrogens is 206 g/mol. The Kier molecular flexibility index (Phi) is 2.88. The van der Waals surface area contributed by atoms with Crippen molar-refractivity contribution < 1.29 is 9.59 Å². The van der Waals surface area contributed by atoms with Crippen LogP contribution >= 0.6 is 0 Å². The summed E-state index contributed by atoms with van der Waals surface area (Å²) in [5, 5.41) is 6.08. The van der Waals surface area contributed by atoms with Gasteiger partial charge in [0.25, 0.3) is 5.91 Å². The second-order valence-corrected chi connectivity index (χ2v) is 5.07. The largest absolute Gasteiger partial charge is 0.325 e. The molecule has 16 heavy (non-hydrogen) atoms. The number of imide groups is 1. The number of urea groups is 1. The van der Waals surface area contributed by atoms with Crippen molar-refractivity contribution in [1.82, 2.24) is 15.5 Å². The van der Waals surface area contributed by atoms with Crippen LogP contribution in [0.1, 0.15) is 26.7 Å². The fourth-order valence-electron chi connectivity index (χ4n) is 2.40. The Morgan fingerprint density at radius 2 is 1.94 bits per heavy atom. The van der Waals surface area contributed by atoms with Gasteiger partial charge in [-0.3, -0.25) is 9.69 Å². The number of carbonyl (C=O) groups excluding carboxylic acids is 2. The molecule has 2 aliphatic heterocycles. The van der Waals surface area contributed by atoms with Crippen molar-refractivity contribution in [2.75, 3.05) is 19.6 Å². The zero-order chi connectivity index (χ0) is 11.8. The maximum Gasteiger partial charge on any atom is 0.325 e. The molecule has 0 aliphatic carbocycles. The third-order valence-corrected chi connectivity index (χ3v) is 3.25. The number of hydrogen-bond acceptors (Lipinski definition) is 3. The third kappa shape index (κ3) is 1.80. The van der Waals surface area contributed by atoms with E-state index in [1.54, 1.807) is 0 Å². The lowest BCUT2D eigenvalue weighted by molar-refractivity contribution is -0.132. The standard InChI is InChI=1S/C11H19N3O2/c1-8(2)7-14-9(15)11(13-10(14)16)3-5-12-6-4-11/h8,12H,3-7H2,1-2H3,(H,13,16). The zero-order valence-electron chi connectivity index (χ0n) is 9.88. The molecule has 0 unspecified atom stereocenters. The number of nitrogens with zero attached hydrogens (tertiary/aromatic N) is 1. The van der Waals surface area contributed by atoms with Crippen LogP contribution in [0.25, 0.3) is 0 Å². The molecule has 90 valence electrons. The molecule has 0 aromatic heterocycles. The van der Waals surface area contributed by atoms with E-state index in [4.69, 9.17) is 0 Å². The van der Waals surface area contributed by atoms with Crippen LogP contribution in [0.2, 0.25) is 0 Å². The molecule has 2 aliphatic rings. The van der Waals surface area contributed by atoms with E-state index in [0.29, 0.717) is 25.3 Å². The Labute approximate surface area is 95.6 Å². The Morgan fingerprint density at radius 1 is 1.31 bits per heavy atom. The van der Waals surface area contributed by atoms with Crippen molar-refractivity contribution in [2.45, 2.75) is 32.2 Å². The van der Waals surface area contributed by atoms with Crippen molar-refractivity contribution >= 4 is 11.9 Å². The van der Waals surface area contributed by atoms with Gasteiger partial charge in [0.05, 0.1) is 0 Å². The summed E-state index contributed by atoms with van der Waals surface area (Å²) in [5.74, 6) is 0.277. The van der Waals surface area contributed by atoms with Crippen LogP contribution in [-0.4, -0.2) is 42.0 Å². The minimum Gasteiger partial charge on any atom is -0.323 e. The molecule has 3 amide bonds. The van der Waals surface area contributed by atoms with Crippen LogP contribution in [0.3, 0.4) is 0 Å². The fourth-order valence-corrected chi connectivity index (χ4v) is 2.40. The van der Waals surface area contributed by atoms with Crippen molar-refractivity contribution in [3.63, 3.8) is 0 Å². The molecule has 2 N–H and O–H groups in total. The zero-order valence-corrected chi connectivity index (χ0v) is 9.88. The van der Waals surface area contributed by atoms with Crippen molar-refractivity contribution in [1.29, 1.82) is 0 Å². The van der Waals surface area contributed by atoms with Crippen LogP contribution in [-0.2, 0) is 4.79 Å². The summed E-state index contributed by atoms with van der Waals surface area (Å²) in [7, 11) is 0. The summed E-state index contributed by atoms with van der Waals surface area (Å²) in [5.41, 5.74) is -0.614. The second-order valence-electron chi connectivity index (χ2n) is 5.07. The van der Waals surface area contributed by atoms with Gasteiger partial charge in [0.15, 0.2) is 0 Å². The average Bonchev–Trinajstić information content (AvgIpc) is 2.44. The predicted octanol–water partition coefficient (Wildman–Crippen LogP) is 0.316. The maximum absolute atomic E-state index is 12.2.